The number of pyridine rings is 1. The number of carbonyl (C=O) groups is 1. The number of aromatic nitrogens is 1. The number of hydrogen-bond donors (Lipinski definition) is 2. The van der Waals surface area contributed by atoms with Gasteiger partial charge < -0.3 is 15.4 Å². The highest BCUT2D eigenvalue weighted by Gasteiger charge is 2.10. The molecule has 0 bridgehead atoms. The molecule has 2 N–H and O–H groups in total. The summed E-state index contributed by atoms with van der Waals surface area (Å²) in [5.41, 5.74) is 5.01. The predicted octanol–water partition coefficient (Wildman–Crippen LogP) is 5.09. The molecule has 27 heavy (non-hydrogen) atoms. The van der Waals surface area contributed by atoms with E-state index < -0.39 is 0 Å². The maximum absolute atomic E-state index is 12.6. The molecule has 0 aliphatic rings. The molecule has 0 fully saturated rings. The van der Waals surface area contributed by atoms with Crippen LogP contribution in [0, 0.1) is 13.8 Å². The molecular formula is C22H23N3O2. The van der Waals surface area contributed by atoms with Crippen LogP contribution in [-0.4, -0.2) is 17.5 Å². The zero-order chi connectivity index (χ0) is 19.2. The molecule has 0 aliphatic heterocycles. The number of nitrogens with zero attached hydrogens (tertiary/aromatic N) is 1. The Hall–Kier alpha value is -3.34. The van der Waals surface area contributed by atoms with E-state index in [1.165, 1.54) is 0 Å². The Balaban J connectivity index is 1.78. The fraction of sp³-hybridized carbons (Fsp3) is 0.182. The summed E-state index contributed by atoms with van der Waals surface area (Å²) in [6.07, 6.45) is 3.23. The molecule has 138 valence electrons. The first-order chi connectivity index (χ1) is 13.0. The number of benzene rings is 2. The van der Waals surface area contributed by atoms with Gasteiger partial charge in [0.05, 0.1) is 29.7 Å². The maximum atomic E-state index is 12.6. The average molecular weight is 361 g/mol. The van der Waals surface area contributed by atoms with Crippen LogP contribution >= 0.6 is 0 Å². The molecule has 0 saturated heterocycles. The van der Waals surface area contributed by atoms with Gasteiger partial charge in [-0.2, -0.15) is 0 Å². The van der Waals surface area contributed by atoms with Crippen LogP contribution in [0.15, 0.2) is 60.9 Å². The van der Waals surface area contributed by atoms with Crippen molar-refractivity contribution in [1.29, 1.82) is 0 Å². The van der Waals surface area contributed by atoms with Crippen LogP contribution in [0.25, 0.3) is 0 Å². The number of ether oxygens (including phenoxy) is 1. The lowest BCUT2D eigenvalue weighted by atomic mass is 10.1. The molecule has 5 nitrogen and oxygen atoms in total. The van der Waals surface area contributed by atoms with Crippen molar-refractivity contribution in [1.82, 2.24) is 4.98 Å². The minimum absolute atomic E-state index is 0.200. The molecule has 5 heteroatoms. The van der Waals surface area contributed by atoms with Crippen LogP contribution in [0.5, 0.6) is 5.75 Å². The van der Waals surface area contributed by atoms with E-state index in [1.54, 1.807) is 18.5 Å². The van der Waals surface area contributed by atoms with E-state index in [0.717, 1.165) is 33.9 Å². The lowest BCUT2D eigenvalue weighted by Gasteiger charge is -2.13. The molecule has 0 spiro atoms. The molecule has 0 unspecified atom stereocenters. The van der Waals surface area contributed by atoms with Gasteiger partial charge in [0.15, 0.2) is 0 Å². The first-order valence-electron chi connectivity index (χ1n) is 8.88. The molecular weight excluding hydrogens is 338 g/mol. The lowest BCUT2D eigenvalue weighted by Crippen LogP contribution is -2.12. The minimum Gasteiger partial charge on any atom is -0.492 e. The van der Waals surface area contributed by atoms with E-state index in [4.69, 9.17) is 4.74 Å². The van der Waals surface area contributed by atoms with Gasteiger partial charge in [-0.05, 0) is 62.2 Å². The first-order valence-corrected chi connectivity index (χ1v) is 8.88. The lowest BCUT2D eigenvalue weighted by molar-refractivity contribution is 0.102. The Bertz CT molecular complexity index is 934. The van der Waals surface area contributed by atoms with Crippen LogP contribution in [-0.2, 0) is 0 Å². The van der Waals surface area contributed by atoms with E-state index in [-0.39, 0.29) is 5.91 Å². The standard InChI is InChI=1S/C22H23N3O2/c1-4-27-21-8-6-5-7-20(21)24-19-12-17(13-23-14-19)22(26)25-18-10-15(2)9-16(3)11-18/h5-14,24H,4H2,1-3H3,(H,25,26). The molecule has 0 saturated carbocycles. The topological polar surface area (TPSA) is 63.2 Å². The third-order valence-electron chi connectivity index (χ3n) is 3.95. The second kappa shape index (κ2) is 8.36. The van der Waals surface area contributed by atoms with Gasteiger partial charge in [-0.15, -0.1) is 0 Å². The van der Waals surface area contributed by atoms with E-state index in [9.17, 15) is 4.79 Å². The average Bonchev–Trinajstić information content (AvgIpc) is 2.63. The summed E-state index contributed by atoms with van der Waals surface area (Å²) < 4.78 is 5.63. The van der Waals surface area contributed by atoms with E-state index >= 15 is 0 Å². The summed E-state index contributed by atoms with van der Waals surface area (Å²) >= 11 is 0. The molecule has 0 aliphatic carbocycles. The Kier molecular flexibility index (Phi) is 5.71. The number of amides is 1. The van der Waals surface area contributed by atoms with Crippen molar-refractivity contribution in [3.63, 3.8) is 0 Å². The summed E-state index contributed by atoms with van der Waals surface area (Å²) in [5.74, 6) is 0.555. The highest BCUT2D eigenvalue weighted by Crippen LogP contribution is 2.27. The Morgan fingerprint density at radius 2 is 1.74 bits per heavy atom. The predicted molar refractivity (Wildman–Crippen MR) is 109 cm³/mol. The van der Waals surface area contributed by atoms with Crippen molar-refractivity contribution >= 4 is 23.0 Å². The fourth-order valence-corrected chi connectivity index (χ4v) is 2.89. The Morgan fingerprint density at radius 1 is 1.00 bits per heavy atom. The van der Waals surface area contributed by atoms with Crippen molar-refractivity contribution in [2.24, 2.45) is 0 Å². The fourth-order valence-electron chi connectivity index (χ4n) is 2.89. The van der Waals surface area contributed by atoms with Crippen LogP contribution in [0.3, 0.4) is 0 Å². The minimum atomic E-state index is -0.200. The molecule has 1 heterocycles. The maximum Gasteiger partial charge on any atom is 0.257 e. The van der Waals surface area contributed by atoms with E-state index in [0.29, 0.717) is 12.2 Å². The summed E-state index contributed by atoms with van der Waals surface area (Å²) in [7, 11) is 0. The smallest absolute Gasteiger partial charge is 0.257 e. The van der Waals surface area contributed by atoms with Gasteiger partial charge in [0.25, 0.3) is 5.91 Å². The van der Waals surface area contributed by atoms with Crippen LogP contribution < -0.4 is 15.4 Å². The normalized spacial score (nSPS) is 10.3. The first kappa shape index (κ1) is 18.5. The van der Waals surface area contributed by atoms with Crippen molar-refractivity contribution in [2.45, 2.75) is 20.8 Å². The van der Waals surface area contributed by atoms with E-state index in [2.05, 4.69) is 21.7 Å². The number of carbonyl (C=O) groups excluding carboxylic acids is 1. The molecule has 1 aromatic heterocycles. The van der Waals surface area contributed by atoms with Gasteiger partial charge in [0.2, 0.25) is 0 Å². The third-order valence-corrected chi connectivity index (χ3v) is 3.95. The number of para-hydroxylation sites is 2. The van der Waals surface area contributed by atoms with Crippen molar-refractivity contribution in [2.75, 3.05) is 17.2 Å². The largest absolute Gasteiger partial charge is 0.492 e. The summed E-state index contributed by atoms with van der Waals surface area (Å²) in [5, 5.41) is 6.20. The van der Waals surface area contributed by atoms with E-state index in [1.807, 2.05) is 57.2 Å². The van der Waals surface area contributed by atoms with Crippen molar-refractivity contribution in [3.8, 4) is 5.75 Å². The highest BCUT2D eigenvalue weighted by molar-refractivity contribution is 6.04. The molecule has 1 amide bonds. The Morgan fingerprint density at radius 3 is 2.48 bits per heavy atom. The van der Waals surface area contributed by atoms with Crippen molar-refractivity contribution < 1.29 is 9.53 Å². The van der Waals surface area contributed by atoms with Crippen molar-refractivity contribution in [3.05, 3.63) is 77.6 Å². The molecule has 0 radical (unpaired) electrons. The highest BCUT2D eigenvalue weighted by atomic mass is 16.5. The van der Waals surface area contributed by atoms with Crippen LogP contribution in [0.2, 0.25) is 0 Å². The second-order valence-electron chi connectivity index (χ2n) is 6.35. The summed E-state index contributed by atoms with van der Waals surface area (Å²) in [6.45, 7) is 6.53. The summed E-state index contributed by atoms with van der Waals surface area (Å²) in [4.78, 5) is 16.8. The van der Waals surface area contributed by atoms with Gasteiger partial charge in [-0.3, -0.25) is 9.78 Å². The SMILES string of the molecule is CCOc1ccccc1Nc1cncc(C(=O)Nc2cc(C)cc(C)c2)c1. The number of anilines is 3. The van der Waals surface area contributed by atoms with Gasteiger partial charge in [0.1, 0.15) is 5.75 Å². The van der Waals surface area contributed by atoms with Gasteiger partial charge in [-0.25, -0.2) is 0 Å². The summed E-state index contributed by atoms with van der Waals surface area (Å²) in [6, 6.07) is 15.4. The zero-order valence-corrected chi connectivity index (χ0v) is 15.7. The van der Waals surface area contributed by atoms with Gasteiger partial charge in [-0.1, -0.05) is 18.2 Å². The number of aryl methyl sites for hydroxylation is 2. The molecule has 0 atom stereocenters. The molecule has 3 rings (SSSR count). The third kappa shape index (κ3) is 4.85. The van der Waals surface area contributed by atoms with Gasteiger partial charge >= 0.3 is 0 Å². The number of nitrogens with one attached hydrogen (secondary N) is 2. The molecule has 3 aromatic rings. The number of rotatable bonds is 6. The monoisotopic (exact) mass is 361 g/mol. The second-order valence-corrected chi connectivity index (χ2v) is 6.35. The quantitative estimate of drug-likeness (QED) is 0.642. The van der Waals surface area contributed by atoms with Crippen LogP contribution in [0.1, 0.15) is 28.4 Å². The van der Waals surface area contributed by atoms with Gasteiger partial charge in [0, 0.05) is 11.9 Å². The number of hydrogen-bond acceptors (Lipinski definition) is 4. The molecule has 2 aromatic carbocycles. The Labute approximate surface area is 159 Å². The van der Waals surface area contributed by atoms with Crippen LogP contribution in [0.4, 0.5) is 17.1 Å². The zero-order valence-electron chi connectivity index (χ0n) is 15.7.